The summed E-state index contributed by atoms with van der Waals surface area (Å²) in [5.41, 5.74) is 5.97. The average Bonchev–Trinajstić information content (AvgIpc) is 2.10. The van der Waals surface area contributed by atoms with Gasteiger partial charge in [-0.2, -0.15) is 0 Å². The third-order valence-corrected chi connectivity index (χ3v) is 2.10. The Bertz CT molecular complexity index is 291. The van der Waals surface area contributed by atoms with Crippen LogP contribution in [0.25, 0.3) is 0 Å². The van der Waals surface area contributed by atoms with Gasteiger partial charge in [0.2, 0.25) is 0 Å². The Morgan fingerprint density at radius 1 is 1.46 bits per heavy atom. The fraction of sp³-hybridized carbons (Fsp3) is 0.333. The molecule has 1 aromatic rings. The summed E-state index contributed by atoms with van der Waals surface area (Å²) in [6.45, 7) is 0.416. The molecule has 0 unspecified atom stereocenters. The molecule has 0 spiro atoms. The SMILES string of the molecule is NCC[C@@H](O)c1ccc(O)c(Cl)c1. The number of benzene rings is 1. The number of aromatic hydroxyl groups is 1. The zero-order valence-electron chi connectivity index (χ0n) is 7.07. The minimum absolute atomic E-state index is 0.0189. The molecule has 72 valence electrons. The highest BCUT2D eigenvalue weighted by atomic mass is 35.5. The number of nitrogens with two attached hydrogens (primary N) is 1. The first-order valence-corrected chi connectivity index (χ1v) is 4.39. The van der Waals surface area contributed by atoms with Gasteiger partial charge in [0.15, 0.2) is 0 Å². The van der Waals surface area contributed by atoms with Crippen LogP contribution in [0.4, 0.5) is 0 Å². The van der Waals surface area contributed by atoms with Gasteiger partial charge < -0.3 is 15.9 Å². The van der Waals surface area contributed by atoms with Crippen molar-refractivity contribution in [1.82, 2.24) is 0 Å². The van der Waals surface area contributed by atoms with Crippen LogP contribution in [-0.4, -0.2) is 16.8 Å². The molecule has 3 nitrogen and oxygen atoms in total. The number of hydrogen-bond acceptors (Lipinski definition) is 3. The Morgan fingerprint density at radius 3 is 2.69 bits per heavy atom. The first-order chi connectivity index (χ1) is 6.15. The monoisotopic (exact) mass is 201 g/mol. The third kappa shape index (κ3) is 2.59. The van der Waals surface area contributed by atoms with Crippen molar-refractivity contribution in [3.05, 3.63) is 28.8 Å². The molecular formula is C9H12ClNO2. The minimum atomic E-state index is -0.608. The van der Waals surface area contributed by atoms with Gasteiger partial charge in [0.1, 0.15) is 5.75 Å². The van der Waals surface area contributed by atoms with Crippen LogP contribution in [0.15, 0.2) is 18.2 Å². The molecule has 0 saturated carbocycles. The van der Waals surface area contributed by atoms with Crippen LogP contribution in [0.1, 0.15) is 18.1 Å². The Kier molecular flexibility index (Phi) is 3.54. The van der Waals surface area contributed by atoms with Crippen LogP contribution in [0, 0.1) is 0 Å². The summed E-state index contributed by atoms with van der Waals surface area (Å²) in [7, 11) is 0. The van der Waals surface area contributed by atoms with Crippen molar-refractivity contribution in [3.8, 4) is 5.75 Å². The van der Waals surface area contributed by atoms with E-state index < -0.39 is 6.10 Å². The minimum Gasteiger partial charge on any atom is -0.506 e. The van der Waals surface area contributed by atoms with Crippen molar-refractivity contribution in [2.24, 2.45) is 5.73 Å². The van der Waals surface area contributed by atoms with E-state index in [1.54, 1.807) is 6.07 Å². The number of rotatable bonds is 3. The molecule has 4 heteroatoms. The Hall–Kier alpha value is -0.770. The van der Waals surface area contributed by atoms with Crippen molar-refractivity contribution in [3.63, 3.8) is 0 Å². The van der Waals surface area contributed by atoms with E-state index in [0.29, 0.717) is 18.5 Å². The maximum Gasteiger partial charge on any atom is 0.134 e. The molecule has 1 atom stereocenters. The van der Waals surface area contributed by atoms with E-state index in [1.165, 1.54) is 12.1 Å². The Balaban J connectivity index is 2.84. The highest BCUT2D eigenvalue weighted by Crippen LogP contribution is 2.27. The summed E-state index contributed by atoms with van der Waals surface area (Å²) < 4.78 is 0. The van der Waals surface area contributed by atoms with Gasteiger partial charge in [0.25, 0.3) is 0 Å². The zero-order chi connectivity index (χ0) is 9.84. The van der Waals surface area contributed by atoms with E-state index in [2.05, 4.69) is 0 Å². The van der Waals surface area contributed by atoms with Crippen molar-refractivity contribution in [2.45, 2.75) is 12.5 Å². The van der Waals surface area contributed by atoms with Crippen LogP contribution < -0.4 is 5.73 Å². The van der Waals surface area contributed by atoms with Gasteiger partial charge in [-0.1, -0.05) is 17.7 Å². The molecule has 0 aliphatic carbocycles. The number of aliphatic hydroxyl groups is 1. The molecule has 0 saturated heterocycles. The Morgan fingerprint density at radius 2 is 2.15 bits per heavy atom. The lowest BCUT2D eigenvalue weighted by Gasteiger charge is -2.09. The summed E-state index contributed by atoms with van der Waals surface area (Å²) in [5.74, 6) is 0.0189. The van der Waals surface area contributed by atoms with E-state index >= 15 is 0 Å². The average molecular weight is 202 g/mol. The fourth-order valence-electron chi connectivity index (χ4n) is 1.05. The van der Waals surface area contributed by atoms with Crippen molar-refractivity contribution in [1.29, 1.82) is 0 Å². The van der Waals surface area contributed by atoms with Gasteiger partial charge in [-0.05, 0) is 30.7 Å². The number of phenolic OH excluding ortho intramolecular Hbond substituents is 1. The maximum atomic E-state index is 9.52. The second-order valence-electron chi connectivity index (χ2n) is 2.80. The van der Waals surface area contributed by atoms with Gasteiger partial charge in [0, 0.05) is 0 Å². The van der Waals surface area contributed by atoms with E-state index in [9.17, 15) is 5.11 Å². The lowest BCUT2D eigenvalue weighted by molar-refractivity contribution is 0.170. The van der Waals surface area contributed by atoms with Crippen molar-refractivity contribution >= 4 is 11.6 Å². The highest BCUT2D eigenvalue weighted by molar-refractivity contribution is 6.32. The van der Waals surface area contributed by atoms with Gasteiger partial charge in [0.05, 0.1) is 11.1 Å². The largest absolute Gasteiger partial charge is 0.506 e. The van der Waals surface area contributed by atoms with Gasteiger partial charge in [-0.25, -0.2) is 0 Å². The molecule has 0 amide bonds. The van der Waals surface area contributed by atoms with Crippen molar-refractivity contribution in [2.75, 3.05) is 6.54 Å². The normalized spacial score (nSPS) is 12.8. The number of hydrogen-bond donors (Lipinski definition) is 3. The van der Waals surface area contributed by atoms with E-state index in [4.69, 9.17) is 22.4 Å². The number of phenols is 1. The van der Waals surface area contributed by atoms with Gasteiger partial charge >= 0.3 is 0 Å². The third-order valence-electron chi connectivity index (χ3n) is 1.80. The summed E-state index contributed by atoms with van der Waals surface area (Å²) in [5, 5.41) is 18.9. The maximum absolute atomic E-state index is 9.52. The predicted molar refractivity (Wildman–Crippen MR) is 51.7 cm³/mol. The summed E-state index contributed by atoms with van der Waals surface area (Å²) >= 11 is 5.67. The van der Waals surface area contributed by atoms with E-state index in [1.807, 2.05) is 0 Å². The summed E-state index contributed by atoms with van der Waals surface area (Å²) in [4.78, 5) is 0. The first-order valence-electron chi connectivity index (χ1n) is 4.01. The standard InChI is InChI=1S/C9H12ClNO2/c10-7-5-6(1-2-9(7)13)8(12)3-4-11/h1-2,5,8,12-13H,3-4,11H2/t8-/m1/s1. The molecule has 13 heavy (non-hydrogen) atoms. The predicted octanol–water partition coefficient (Wildman–Crippen LogP) is 1.43. The number of halogens is 1. The van der Waals surface area contributed by atoms with Gasteiger partial charge in [-0.3, -0.25) is 0 Å². The van der Waals surface area contributed by atoms with E-state index in [0.717, 1.165) is 0 Å². The molecule has 0 bridgehead atoms. The molecule has 0 radical (unpaired) electrons. The Labute approximate surface area is 81.8 Å². The second-order valence-corrected chi connectivity index (χ2v) is 3.21. The quantitative estimate of drug-likeness (QED) is 0.693. The molecule has 0 aliphatic rings. The second kappa shape index (κ2) is 4.46. The molecule has 1 aromatic carbocycles. The highest BCUT2D eigenvalue weighted by Gasteiger charge is 2.08. The van der Waals surface area contributed by atoms with Gasteiger partial charge in [-0.15, -0.1) is 0 Å². The van der Waals surface area contributed by atoms with Crippen LogP contribution in [0.5, 0.6) is 5.75 Å². The summed E-state index contributed by atoms with van der Waals surface area (Å²) in [6, 6.07) is 4.62. The molecule has 0 heterocycles. The topological polar surface area (TPSA) is 66.5 Å². The molecule has 0 aliphatic heterocycles. The first kappa shape index (κ1) is 10.3. The molecule has 0 aromatic heterocycles. The fourth-order valence-corrected chi connectivity index (χ4v) is 1.24. The molecule has 4 N–H and O–H groups in total. The van der Waals surface area contributed by atoms with Crippen LogP contribution >= 0.6 is 11.6 Å². The summed E-state index contributed by atoms with van der Waals surface area (Å²) in [6.07, 6.45) is -0.121. The van der Waals surface area contributed by atoms with Crippen LogP contribution in [0.2, 0.25) is 5.02 Å². The zero-order valence-corrected chi connectivity index (χ0v) is 7.83. The van der Waals surface area contributed by atoms with E-state index in [-0.39, 0.29) is 10.8 Å². The lowest BCUT2D eigenvalue weighted by Crippen LogP contribution is -2.06. The lowest BCUT2D eigenvalue weighted by atomic mass is 10.1. The van der Waals surface area contributed by atoms with Crippen LogP contribution in [-0.2, 0) is 0 Å². The molecule has 0 fully saturated rings. The molecular weight excluding hydrogens is 190 g/mol. The number of aliphatic hydroxyl groups excluding tert-OH is 1. The molecule has 1 rings (SSSR count). The smallest absolute Gasteiger partial charge is 0.134 e. The van der Waals surface area contributed by atoms with Crippen LogP contribution in [0.3, 0.4) is 0 Å². The van der Waals surface area contributed by atoms with Crippen molar-refractivity contribution < 1.29 is 10.2 Å².